The number of hydrogen-bond donors (Lipinski definition) is 1. The molecule has 1 aromatic heterocycles. The number of nitrogens with zero attached hydrogens (tertiary/aromatic N) is 3. The molecule has 1 fully saturated rings. The molecule has 0 spiro atoms. The Morgan fingerprint density at radius 2 is 2.38 bits per heavy atom. The van der Waals surface area contributed by atoms with Crippen molar-refractivity contribution in [3.05, 3.63) is 11.7 Å². The zero-order valence-corrected chi connectivity index (χ0v) is 9.38. The van der Waals surface area contributed by atoms with Crippen molar-refractivity contribution in [3.8, 4) is 0 Å². The van der Waals surface area contributed by atoms with Gasteiger partial charge in [0.15, 0.2) is 5.82 Å². The lowest BCUT2D eigenvalue weighted by atomic mass is 9.87. The van der Waals surface area contributed by atoms with Gasteiger partial charge in [-0.2, -0.15) is 4.98 Å². The van der Waals surface area contributed by atoms with E-state index in [1.165, 1.54) is 0 Å². The van der Waals surface area contributed by atoms with Crippen LogP contribution in [0.25, 0.3) is 0 Å². The highest BCUT2D eigenvalue weighted by Gasteiger charge is 2.34. The fourth-order valence-corrected chi connectivity index (χ4v) is 1.86. The molecule has 2 rings (SSSR count). The Balaban J connectivity index is 1.79. The van der Waals surface area contributed by atoms with Crippen molar-refractivity contribution in [2.45, 2.75) is 20.4 Å². The molecule has 1 aliphatic rings. The summed E-state index contributed by atoms with van der Waals surface area (Å²) >= 11 is 0. The van der Waals surface area contributed by atoms with Crippen molar-refractivity contribution in [2.24, 2.45) is 11.8 Å². The van der Waals surface area contributed by atoms with Crippen LogP contribution in [0, 0.1) is 18.8 Å². The fourth-order valence-electron chi connectivity index (χ4n) is 1.86. The lowest BCUT2D eigenvalue weighted by molar-refractivity contribution is -0.145. The standard InChI is InChI=1S/C10H15N3O3/c1-6(10(14)15)8-3-13(4-8)5-9-11-7(2)16-12-9/h6,8H,3-5H2,1-2H3,(H,14,15). The van der Waals surface area contributed by atoms with E-state index in [4.69, 9.17) is 9.63 Å². The summed E-state index contributed by atoms with van der Waals surface area (Å²) in [6.45, 7) is 5.73. The predicted molar refractivity (Wildman–Crippen MR) is 54.6 cm³/mol. The Hall–Kier alpha value is -1.43. The topological polar surface area (TPSA) is 79.5 Å². The minimum Gasteiger partial charge on any atom is -0.481 e. The first-order valence-electron chi connectivity index (χ1n) is 5.30. The van der Waals surface area contributed by atoms with Crippen molar-refractivity contribution in [2.75, 3.05) is 13.1 Å². The Kier molecular flexibility index (Phi) is 2.91. The summed E-state index contributed by atoms with van der Waals surface area (Å²) in [5, 5.41) is 12.6. The van der Waals surface area contributed by atoms with Gasteiger partial charge in [0.2, 0.25) is 5.89 Å². The van der Waals surface area contributed by atoms with Crippen LogP contribution in [0.2, 0.25) is 0 Å². The number of hydrogen-bond acceptors (Lipinski definition) is 5. The van der Waals surface area contributed by atoms with Crippen molar-refractivity contribution in [3.63, 3.8) is 0 Å². The van der Waals surface area contributed by atoms with E-state index in [1.54, 1.807) is 13.8 Å². The van der Waals surface area contributed by atoms with Crippen molar-refractivity contribution in [1.29, 1.82) is 0 Å². The summed E-state index contributed by atoms with van der Waals surface area (Å²) in [4.78, 5) is 17.0. The van der Waals surface area contributed by atoms with Gasteiger partial charge in [-0.3, -0.25) is 9.69 Å². The molecule has 6 nitrogen and oxygen atoms in total. The first-order valence-corrected chi connectivity index (χ1v) is 5.30. The van der Waals surface area contributed by atoms with Crippen molar-refractivity contribution in [1.82, 2.24) is 15.0 Å². The predicted octanol–water partition coefficient (Wildman–Crippen LogP) is 0.531. The maximum Gasteiger partial charge on any atom is 0.306 e. The van der Waals surface area contributed by atoms with E-state index in [1.807, 2.05) is 0 Å². The molecule has 0 aliphatic carbocycles. The first kappa shape index (κ1) is 11.1. The molecule has 1 N–H and O–H groups in total. The molecular formula is C10H15N3O3. The summed E-state index contributed by atoms with van der Waals surface area (Å²) in [5.41, 5.74) is 0. The van der Waals surface area contributed by atoms with Crippen LogP contribution in [0.3, 0.4) is 0 Å². The van der Waals surface area contributed by atoms with Crippen LogP contribution < -0.4 is 0 Å². The van der Waals surface area contributed by atoms with Crippen LogP contribution in [0.15, 0.2) is 4.52 Å². The monoisotopic (exact) mass is 225 g/mol. The third kappa shape index (κ3) is 2.21. The van der Waals surface area contributed by atoms with Crippen LogP contribution >= 0.6 is 0 Å². The molecule has 1 saturated heterocycles. The number of carboxylic acids is 1. The Morgan fingerprint density at radius 3 is 2.88 bits per heavy atom. The van der Waals surface area contributed by atoms with Gasteiger partial charge < -0.3 is 9.63 Å². The summed E-state index contributed by atoms with van der Waals surface area (Å²) < 4.78 is 4.86. The van der Waals surface area contributed by atoms with Crippen molar-refractivity contribution >= 4 is 5.97 Å². The average Bonchev–Trinajstić information content (AvgIpc) is 2.56. The summed E-state index contributed by atoms with van der Waals surface area (Å²) in [5.74, 6) is 0.471. The van der Waals surface area contributed by atoms with Gasteiger partial charge in [0.05, 0.1) is 12.5 Å². The van der Waals surface area contributed by atoms with Crippen LogP contribution in [0.4, 0.5) is 0 Å². The van der Waals surface area contributed by atoms with E-state index in [9.17, 15) is 4.79 Å². The molecule has 16 heavy (non-hydrogen) atoms. The molecule has 0 bridgehead atoms. The largest absolute Gasteiger partial charge is 0.481 e. The van der Waals surface area contributed by atoms with E-state index in [-0.39, 0.29) is 11.8 Å². The normalized spacial score (nSPS) is 19.4. The lowest BCUT2D eigenvalue weighted by Crippen LogP contribution is -2.50. The Bertz CT molecular complexity index is 384. The molecule has 0 saturated carbocycles. The number of likely N-dealkylation sites (tertiary alicyclic amines) is 1. The average molecular weight is 225 g/mol. The van der Waals surface area contributed by atoms with E-state index in [0.717, 1.165) is 13.1 Å². The van der Waals surface area contributed by atoms with Crippen LogP contribution in [-0.2, 0) is 11.3 Å². The van der Waals surface area contributed by atoms with Gasteiger partial charge in [0, 0.05) is 20.0 Å². The van der Waals surface area contributed by atoms with Crippen LogP contribution in [0.5, 0.6) is 0 Å². The summed E-state index contributed by atoms with van der Waals surface area (Å²) in [7, 11) is 0. The lowest BCUT2D eigenvalue weighted by Gasteiger charge is -2.40. The third-order valence-electron chi connectivity index (χ3n) is 3.02. The molecule has 0 radical (unpaired) electrons. The Morgan fingerprint density at radius 1 is 1.69 bits per heavy atom. The van der Waals surface area contributed by atoms with E-state index in [2.05, 4.69) is 15.0 Å². The quantitative estimate of drug-likeness (QED) is 0.805. The Labute approximate surface area is 93.2 Å². The van der Waals surface area contributed by atoms with Gasteiger partial charge >= 0.3 is 5.97 Å². The second-order valence-electron chi connectivity index (χ2n) is 4.31. The van der Waals surface area contributed by atoms with Gasteiger partial charge in [0.25, 0.3) is 0 Å². The smallest absolute Gasteiger partial charge is 0.306 e. The molecule has 1 aliphatic heterocycles. The summed E-state index contributed by atoms with van der Waals surface area (Å²) in [6.07, 6.45) is 0. The minimum absolute atomic E-state index is 0.241. The molecule has 2 heterocycles. The summed E-state index contributed by atoms with van der Waals surface area (Å²) in [6, 6.07) is 0. The highest BCUT2D eigenvalue weighted by molar-refractivity contribution is 5.70. The molecule has 1 atom stereocenters. The SMILES string of the molecule is Cc1nc(CN2CC(C(C)C(=O)O)C2)no1. The second-order valence-corrected chi connectivity index (χ2v) is 4.31. The van der Waals surface area contributed by atoms with Crippen molar-refractivity contribution < 1.29 is 14.4 Å². The highest BCUT2D eigenvalue weighted by atomic mass is 16.5. The number of aryl methyl sites for hydroxylation is 1. The maximum absolute atomic E-state index is 10.7. The zero-order valence-electron chi connectivity index (χ0n) is 9.38. The van der Waals surface area contributed by atoms with Gasteiger partial charge in [0.1, 0.15) is 0 Å². The number of aromatic nitrogens is 2. The molecule has 1 unspecified atom stereocenters. The number of rotatable bonds is 4. The minimum atomic E-state index is -0.722. The molecule has 88 valence electrons. The number of carbonyl (C=O) groups is 1. The van der Waals surface area contributed by atoms with E-state index >= 15 is 0 Å². The van der Waals surface area contributed by atoms with Crippen LogP contribution in [0.1, 0.15) is 18.6 Å². The number of carboxylic acid groups (broad SMARTS) is 1. The number of aliphatic carboxylic acids is 1. The van der Waals surface area contributed by atoms with Gasteiger partial charge in [-0.15, -0.1) is 0 Å². The molecular weight excluding hydrogens is 210 g/mol. The zero-order chi connectivity index (χ0) is 11.7. The molecule has 1 aromatic rings. The van der Waals surface area contributed by atoms with Gasteiger partial charge in [-0.1, -0.05) is 12.1 Å². The fraction of sp³-hybridized carbons (Fsp3) is 0.700. The molecule has 0 amide bonds. The first-order chi connectivity index (χ1) is 7.56. The second kappa shape index (κ2) is 4.21. The maximum atomic E-state index is 10.7. The molecule has 6 heteroatoms. The van der Waals surface area contributed by atoms with Gasteiger partial charge in [-0.05, 0) is 5.92 Å². The van der Waals surface area contributed by atoms with Gasteiger partial charge in [-0.25, -0.2) is 0 Å². The molecule has 0 aromatic carbocycles. The van der Waals surface area contributed by atoms with Crippen LogP contribution in [-0.4, -0.2) is 39.2 Å². The third-order valence-corrected chi connectivity index (χ3v) is 3.02. The van der Waals surface area contributed by atoms with E-state index < -0.39 is 5.97 Å². The highest BCUT2D eigenvalue weighted by Crippen LogP contribution is 2.24. The van der Waals surface area contributed by atoms with E-state index in [0.29, 0.717) is 18.3 Å².